The predicted octanol–water partition coefficient (Wildman–Crippen LogP) is 0.720. The van der Waals surface area contributed by atoms with Crippen LogP contribution >= 0.6 is 7.59 Å². The smallest absolute Gasteiger partial charge is 0.279 e. The van der Waals surface area contributed by atoms with Gasteiger partial charge >= 0.3 is 7.59 Å². The Balaban J connectivity index is 2.97. The summed E-state index contributed by atoms with van der Waals surface area (Å²) in [6.07, 6.45) is 0. The normalized spacial score (nSPS) is 11.2. The van der Waals surface area contributed by atoms with E-state index >= 15 is 0 Å². The number of carbonyl (C=O) groups excluding carboxylic acids is 1. The molecule has 1 amide bonds. The van der Waals surface area contributed by atoms with Gasteiger partial charge < -0.3 is 0 Å². The van der Waals surface area contributed by atoms with Crippen LogP contribution in [0.5, 0.6) is 0 Å². The standard InChI is InChI=1S/C7H8F2N3O2P/c8-5-1-4(2-6(9)3-5)7(13)12-15(10,11)14/h1-3H,(H5,10,11,12,13,14). The molecule has 8 heteroatoms. The molecule has 0 saturated carbocycles. The maximum Gasteiger partial charge on any atom is 0.300 e. The molecule has 1 aromatic rings. The topological polar surface area (TPSA) is 98.2 Å². The molecule has 0 unspecified atom stereocenters. The minimum absolute atomic E-state index is 0.344. The molecule has 0 aliphatic heterocycles. The third kappa shape index (κ3) is 3.75. The molecule has 0 fully saturated rings. The van der Waals surface area contributed by atoms with Crippen LogP contribution in [0.4, 0.5) is 8.78 Å². The molecule has 0 aromatic heterocycles. The third-order valence-corrected chi connectivity index (χ3v) is 1.95. The Morgan fingerprint density at radius 1 is 1.20 bits per heavy atom. The van der Waals surface area contributed by atoms with Gasteiger partial charge in [0.25, 0.3) is 5.91 Å². The zero-order valence-corrected chi connectivity index (χ0v) is 8.30. The van der Waals surface area contributed by atoms with Crippen LogP contribution in [0.15, 0.2) is 18.2 Å². The van der Waals surface area contributed by atoms with Gasteiger partial charge in [-0.05, 0) is 12.1 Å². The van der Waals surface area contributed by atoms with Crippen LogP contribution in [0.3, 0.4) is 0 Å². The van der Waals surface area contributed by atoms with Crippen LogP contribution in [-0.4, -0.2) is 5.91 Å². The van der Waals surface area contributed by atoms with Crippen molar-refractivity contribution >= 4 is 13.5 Å². The van der Waals surface area contributed by atoms with E-state index < -0.39 is 25.1 Å². The van der Waals surface area contributed by atoms with E-state index in [-0.39, 0.29) is 5.56 Å². The van der Waals surface area contributed by atoms with Crippen molar-refractivity contribution in [2.45, 2.75) is 0 Å². The van der Waals surface area contributed by atoms with Crippen molar-refractivity contribution in [1.29, 1.82) is 0 Å². The lowest BCUT2D eigenvalue weighted by atomic mass is 10.2. The van der Waals surface area contributed by atoms with Crippen LogP contribution in [0.1, 0.15) is 10.4 Å². The number of benzene rings is 1. The molecule has 0 heterocycles. The lowest BCUT2D eigenvalue weighted by molar-refractivity contribution is 0.0979. The highest BCUT2D eigenvalue weighted by Crippen LogP contribution is 2.19. The van der Waals surface area contributed by atoms with Gasteiger partial charge in [-0.25, -0.2) is 8.78 Å². The lowest BCUT2D eigenvalue weighted by Crippen LogP contribution is -2.28. The molecule has 15 heavy (non-hydrogen) atoms. The minimum Gasteiger partial charge on any atom is -0.279 e. The van der Waals surface area contributed by atoms with Gasteiger partial charge in [0.15, 0.2) is 0 Å². The number of carbonyl (C=O) groups is 1. The molecule has 1 aromatic carbocycles. The van der Waals surface area contributed by atoms with Gasteiger partial charge in [-0.15, -0.1) is 0 Å². The Morgan fingerprint density at radius 2 is 1.67 bits per heavy atom. The second-order valence-electron chi connectivity index (χ2n) is 2.81. The molecule has 0 spiro atoms. The molecule has 0 bridgehead atoms. The number of amides is 1. The number of hydrogen-bond acceptors (Lipinski definition) is 2. The fourth-order valence-corrected chi connectivity index (χ4v) is 1.35. The van der Waals surface area contributed by atoms with Crippen molar-refractivity contribution < 1.29 is 18.1 Å². The quantitative estimate of drug-likeness (QED) is 0.657. The van der Waals surface area contributed by atoms with Gasteiger partial charge in [0, 0.05) is 11.6 Å². The number of nitrogens with one attached hydrogen (secondary N) is 1. The summed E-state index contributed by atoms with van der Waals surface area (Å²) < 4.78 is 36.1. The summed E-state index contributed by atoms with van der Waals surface area (Å²) in [5.41, 5.74) is 9.38. The van der Waals surface area contributed by atoms with Gasteiger partial charge in [-0.2, -0.15) is 0 Å². The van der Waals surface area contributed by atoms with Crippen molar-refractivity contribution in [2.75, 3.05) is 0 Å². The van der Waals surface area contributed by atoms with Crippen molar-refractivity contribution in [3.8, 4) is 0 Å². The van der Waals surface area contributed by atoms with Crippen LogP contribution in [0, 0.1) is 11.6 Å². The van der Waals surface area contributed by atoms with Gasteiger partial charge in [-0.1, -0.05) is 0 Å². The zero-order chi connectivity index (χ0) is 11.6. The molecule has 5 nitrogen and oxygen atoms in total. The van der Waals surface area contributed by atoms with E-state index in [2.05, 4.69) is 0 Å². The fraction of sp³-hybridized carbons (Fsp3) is 0. The first-order chi connectivity index (χ1) is 6.78. The molecule has 82 valence electrons. The number of halogens is 2. The van der Waals surface area contributed by atoms with E-state index in [0.29, 0.717) is 6.07 Å². The first kappa shape index (κ1) is 11.8. The molecule has 0 radical (unpaired) electrons. The largest absolute Gasteiger partial charge is 0.300 e. The van der Waals surface area contributed by atoms with Crippen LogP contribution in [0.2, 0.25) is 0 Å². The summed E-state index contributed by atoms with van der Waals surface area (Å²) in [7, 11) is -3.76. The number of hydrogen-bond donors (Lipinski definition) is 3. The van der Waals surface area contributed by atoms with E-state index in [1.54, 1.807) is 5.09 Å². The highest BCUT2D eigenvalue weighted by Gasteiger charge is 2.15. The number of nitrogens with two attached hydrogens (primary N) is 2. The van der Waals surface area contributed by atoms with E-state index in [0.717, 1.165) is 12.1 Å². The SMILES string of the molecule is NP(N)(=O)NC(=O)c1cc(F)cc(F)c1. The molecule has 0 atom stereocenters. The third-order valence-electron chi connectivity index (χ3n) is 1.40. The van der Waals surface area contributed by atoms with Gasteiger partial charge in [0.1, 0.15) is 11.6 Å². The Bertz CT molecular complexity index is 426. The van der Waals surface area contributed by atoms with E-state index in [4.69, 9.17) is 11.0 Å². The summed E-state index contributed by atoms with van der Waals surface area (Å²) in [5, 5.41) is 1.73. The van der Waals surface area contributed by atoms with Gasteiger partial charge in [0.05, 0.1) is 0 Å². The maximum atomic E-state index is 12.7. The van der Waals surface area contributed by atoms with Crippen molar-refractivity contribution in [2.24, 2.45) is 11.0 Å². The summed E-state index contributed by atoms with van der Waals surface area (Å²) in [4.78, 5) is 11.2. The highest BCUT2D eigenvalue weighted by atomic mass is 31.2. The minimum atomic E-state index is -3.76. The van der Waals surface area contributed by atoms with Gasteiger partial charge in [-0.3, -0.25) is 25.5 Å². The van der Waals surface area contributed by atoms with E-state index in [9.17, 15) is 18.1 Å². The van der Waals surface area contributed by atoms with E-state index in [1.807, 2.05) is 0 Å². The first-order valence-corrected chi connectivity index (χ1v) is 5.58. The second-order valence-corrected chi connectivity index (χ2v) is 4.45. The molecule has 0 aliphatic rings. The number of rotatable bonds is 2. The maximum absolute atomic E-state index is 12.7. The molecular formula is C7H8F2N3O2P. The van der Waals surface area contributed by atoms with Crippen molar-refractivity contribution in [1.82, 2.24) is 5.09 Å². The Hall–Kier alpha value is -1.30. The summed E-state index contributed by atoms with van der Waals surface area (Å²) in [5.74, 6) is -2.85. The summed E-state index contributed by atoms with van der Waals surface area (Å²) in [6.45, 7) is 0. The second kappa shape index (κ2) is 4.06. The average Bonchev–Trinajstić information content (AvgIpc) is 1.98. The monoisotopic (exact) mass is 235 g/mol. The summed E-state index contributed by atoms with van der Waals surface area (Å²) in [6, 6.07) is 2.14. The molecule has 1 rings (SSSR count). The lowest BCUT2D eigenvalue weighted by Gasteiger charge is -2.08. The van der Waals surface area contributed by atoms with Crippen molar-refractivity contribution in [3.63, 3.8) is 0 Å². The molecular weight excluding hydrogens is 227 g/mol. The first-order valence-electron chi connectivity index (χ1n) is 3.74. The molecule has 0 saturated heterocycles. The summed E-state index contributed by atoms with van der Waals surface area (Å²) >= 11 is 0. The van der Waals surface area contributed by atoms with Crippen LogP contribution in [-0.2, 0) is 4.57 Å². The highest BCUT2D eigenvalue weighted by molar-refractivity contribution is 7.57. The van der Waals surface area contributed by atoms with Crippen LogP contribution in [0.25, 0.3) is 0 Å². The average molecular weight is 235 g/mol. The van der Waals surface area contributed by atoms with Crippen molar-refractivity contribution in [3.05, 3.63) is 35.4 Å². The molecule has 5 N–H and O–H groups in total. The van der Waals surface area contributed by atoms with E-state index in [1.165, 1.54) is 0 Å². The zero-order valence-electron chi connectivity index (χ0n) is 7.41. The predicted molar refractivity (Wildman–Crippen MR) is 49.8 cm³/mol. The fourth-order valence-electron chi connectivity index (χ4n) is 0.908. The Labute approximate surface area is 84.0 Å². The van der Waals surface area contributed by atoms with Crippen LogP contribution < -0.4 is 16.1 Å². The van der Waals surface area contributed by atoms with Gasteiger partial charge in [0.2, 0.25) is 0 Å². The molecule has 0 aliphatic carbocycles. The Morgan fingerprint density at radius 3 is 2.07 bits per heavy atom. The Kier molecular flexibility index (Phi) is 3.18.